The van der Waals surface area contributed by atoms with Crippen molar-refractivity contribution in [2.45, 2.75) is 19.1 Å². The Morgan fingerprint density at radius 3 is 1.92 bits per heavy atom. The summed E-state index contributed by atoms with van der Waals surface area (Å²) in [5.74, 6) is 0. The van der Waals surface area contributed by atoms with Crippen molar-refractivity contribution in [1.82, 2.24) is 4.57 Å². The van der Waals surface area contributed by atoms with Gasteiger partial charge in [0.15, 0.2) is 0 Å². The maximum Gasteiger partial charge on any atom is 0.420 e. The first-order chi connectivity index (χ1) is 11.8. The zero-order valence-corrected chi connectivity index (χ0v) is 16.4. The molecule has 1 heterocycles. The molecular formula is C19H14Br2F3N. The lowest BCUT2D eigenvalue weighted by Crippen LogP contribution is -2.10. The summed E-state index contributed by atoms with van der Waals surface area (Å²) < 4.78 is 42.6. The molecule has 0 radical (unpaired) electrons. The van der Waals surface area contributed by atoms with E-state index in [2.05, 4.69) is 31.9 Å². The van der Waals surface area contributed by atoms with E-state index in [1.807, 2.05) is 55.5 Å². The van der Waals surface area contributed by atoms with E-state index in [4.69, 9.17) is 0 Å². The van der Waals surface area contributed by atoms with Gasteiger partial charge in [-0.05, 0) is 49.9 Å². The normalized spacial score (nSPS) is 13.0. The molecule has 130 valence electrons. The van der Waals surface area contributed by atoms with Gasteiger partial charge in [0.1, 0.15) is 5.56 Å². The molecule has 1 aromatic heterocycles. The van der Waals surface area contributed by atoms with Crippen LogP contribution < -0.4 is 0 Å². The standard InChI is InChI=1S/C19H14Br2F3N/c1-12(13-8-4-2-5-9-13)25-17(14-10-6-3-7-11-14)16(20)15(18(25)21)19(22,23)24/h2-12H,1H3. The van der Waals surface area contributed by atoms with Crippen LogP contribution in [0.1, 0.15) is 24.1 Å². The number of hydrogen-bond acceptors (Lipinski definition) is 0. The molecule has 0 fully saturated rings. The van der Waals surface area contributed by atoms with Crippen molar-refractivity contribution in [3.8, 4) is 11.3 Å². The molecule has 2 aromatic carbocycles. The van der Waals surface area contributed by atoms with Gasteiger partial charge in [-0.15, -0.1) is 0 Å². The Kier molecular flexibility index (Phi) is 5.11. The van der Waals surface area contributed by atoms with Gasteiger partial charge in [0, 0.05) is 0 Å². The van der Waals surface area contributed by atoms with Gasteiger partial charge in [0.05, 0.1) is 20.8 Å². The fourth-order valence-corrected chi connectivity index (χ4v) is 4.89. The number of halogens is 5. The minimum Gasteiger partial charge on any atom is -0.326 e. The van der Waals surface area contributed by atoms with Crippen LogP contribution in [-0.2, 0) is 6.18 Å². The Morgan fingerprint density at radius 1 is 0.880 bits per heavy atom. The Balaban J connectivity index is 2.30. The Bertz CT molecular complexity index is 871. The number of rotatable bonds is 3. The van der Waals surface area contributed by atoms with Crippen LogP contribution in [0.5, 0.6) is 0 Å². The van der Waals surface area contributed by atoms with Crippen LogP contribution in [-0.4, -0.2) is 4.57 Å². The quantitative estimate of drug-likeness (QED) is 0.376. The molecule has 1 atom stereocenters. The van der Waals surface area contributed by atoms with Gasteiger partial charge < -0.3 is 4.57 Å². The van der Waals surface area contributed by atoms with Gasteiger partial charge in [-0.2, -0.15) is 13.2 Å². The SMILES string of the molecule is CC(c1ccccc1)n1c(Br)c(C(F)(F)F)c(Br)c1-c1ccccc1. The van der Waals surface area contributed by atoms with Crippen LogP contribution in [0.3, 0.4) is 0 Å². The first-order valence-corrected chi connectivity index (χ1v) is 9.17. The first-order valence-electron chi connectivity index (χ1n) is 7.59. The number of aromatic nitrogens is 1. The lowest BCUT2D eigenvalue weighted by atomic mass is 10.1. The molecule has 25 heavy (non-hydrogen) atoms. The molecule has 1 unspecified atom stereocenters. The number of alkyl halides is 3. The van der Waals surface area contributed by atoms with Crippen LogP contribution in [0.15, 0.2) is 69.7 Å². The van der Waals surface area contributed by atoms with E-state index in [0.29, 0.717) is 11.3 Å². The second-order valence-electron chi connectivity index (χ2n) is 5.65. The van der Waals surface area contributed by atoms with Gasteiger partial charge in [-0.1, -0.05) is 60.7 Å². The summed E-state index contributed by atoms with van der Waals surface area (Å²) in [5, 5.41) is 0. The highest BCUT2D eigenvalue weighted by Gasteiger charge is 2.40. The number of benzene rings is 2. The van der Waals surface area contributed by atoms with Crippen LogP contribution in [0.25, 0.3) is 11.3 Å². The summed E-state index contributed by atoms with van der Waals surface area (Å²) >= 11 is 6.39. The lowest BCUT2D eigenvalue weighted by molar-refractivity contribution is -0.138. The molecule has 0 spiro atoms. The number of hydrogen-bond donors (Lipinski definition) is 0. The molecular weight excluding hydrogens is 459 g/mol. The van der Waals surface area contributed by atoms with Crippen LogP contribution in [0.4, 0.5) is 13.2 Å². The summed E-state index contributed by atoms with van der Waals surface area (Å²) in [6, 6.07) is 18.3. The molecule has 1 nitrogen and oxygen atoms in total. The van der Waals surface area contributed by atoms with E-state index < -0.39 is 11.7 Å². The highest BCUT2D eigenvalue weighted by Crippen LogP contribution is 2.48. The van der Waals surface area contributed by atoms with Crippen molar-refractivity contribution in [2.75, 3.05) is 0 Å². The maximum atomic E-state index is 13.6. The first kappa shape index (κ1) is 18.3. The largest absolute Gasteiger partial charge is 0.420 e. The summed E-state index contributed by atoms with van der Waals surface area (Å²) in [6.07, 6.45) is -4.47. The highest BCUT2D eigenvalue weighted by molar-refractivity contribution is 9.11. The summed E-state index contributed by atoms with van der Waals surface area (Å²) in [6.45, 7) is 1.89. The average Bonchev–Trinajstić information content (AvgIpc) is 2.86. The Labute approximate surface area is 160 Å². The molecule has 6 heteroatoms. The molecule has 0 saturated carbocycles. The van der Waals surface area contributed by atoms with Gasteiger partial charge in [0.25, 0.3) is 0 Å². The van der Waals surface area contributed by atoms with Crippen LogP contribution in [0, 0.1) is 0 Å². The summed E-state index contributed by atoms with van der Waals surface area (Å²) in [7, 11) is 0. The molecule has 0 bridgehead atoms. The molecule has 3 rings (SSSR count). The van der Waals surface area contributed by atoms with Gasteiger partial charge in [0.2, 0.25) is 0 Å². The minimum absolute atomic E-state index is 0.0158. The number of nitrogens with zero attached hydrogens (tertiary/aromatic N) is 1. The second-order valence-corrected chi connectivity index (χ2v) is 7.19. The van der Waals surface area contributed by atoms with Gasteiger partial charge in [-0.25, -0.2) is 0 Å². The molecule has 0 aliphatic carbocycles. The smallest absolute Gasteiger partial charge is 0.326 e. The monoisotopic (exact) mass is 471 g/mol. The molecule has 0 N–H and O–H groups in total. The van der Waals surface area contributed by atoms with Crippen molar-refractivity contribution in [2.24, 2.45) is 0 Å². The topological polar surface area (TPSA) is 4.93 Å². The predicted molar refractivity (Wildman–Crippen MR) is 101 cm³/mol. The fraction of sp³-hybridized carbons (Fsp3) is 0.158. The van der Waals surface area contributed by atoms with E-state index in [1.165, 1.54) is 0 Å². The molecule has 0 aliphatic heterocycles. The van der Waals surface area contributed by atoms with Crippen molar-refractivity contribution >= 4 is 31.9 Å². The van der Waals surface area contributed by atoms with E-state index in [0.717, 1.165) is 5.56 Å². The third-order valence-corrected chi connectivity index (χ3v) is 5.64. The van der Waals surface area contributed by atoms with E-state index in [1.54, 1.807) is 16.7 Å². The van der Waals surface area contributed by atoms with E-state index in [-0.39, 0.29) is 15.1 Å². The van der Waals surface area contributed by atoms with E-state index in [9.17, 15) is 13.2 Å². The van der Waals surface area contributed by atoms with Crippen LogP contribution >= 0.6 is 31.9 Å². The lowest BCUT2D eigenvalue weighted by Gasteiger charge is -2.20. The van der Waals surface area contributed by atoms with Crippen molar-refractivity contribution < 1.29 is 13.2 Å². The predicted octanol–water partition coefficient (Wildman–Crippen LogP) is 7.31. The van der Waals surface area contributed by atoms with E-state index >= 15 is 0 Å². The second kappa shape index (κ2) is 7.00. The Morgan fingerprint density at radius 2 is 1.40 bits per heavy atom. The van der Waals surface area contributed by atoms with Gasteiger partial charge in [-0.3, -0.25) is 0 Å². The van der Waals surface area contributed by atoms with Crippen molar-refractivity contribution in [1.29, 1.82) is 0 Å². The van der Waals surface area contributed by atoms with Crippen LogP contribution in [0.2, 0.25) is 0 Å². The molecule has 3 aromatic rings. The zero-order chi connectivity index (χ0) is 18.2. The molecule has 0 aliphatic rings. The highest BCUT2D eigenvalue weighted by atomic mass is 79.9. The average molecular weight is 473 g/mol. The summed E-state index contributed by atoms with van der Waals surface area (Å²) in [5.41, 5.74) is 1.44. The Hall–Kier alpha value is -1.53. The molecule has 0 saturated heterocycles. The fourth-order valence-electron chi connectivity index (χ4n) is 2.88. The third-order valence-electron chi connectivity index (χ3n) is 4.09. The minimum atomic E-state index is -4.47. The van der Waals surface area contributed by atoms with Crippen molar-refractivity contribution in [3.05, 3.63) is 80.9 Å². The van der Waals surface area contributed by atoms with Gasteiger partial charge >= 0.3 is 6.18 Å². The molecule has 0 amide bonds. The zero-order valence-electron chi connectivity index (χ0n) is 13.2. The van der Waals surface area contributed by atoms with Crippen molar-refractivity contribution in [3.63, 3.8) is 0 Å². The maximum absolute atomic E-state index is 13.6. The third kappa shape index (κ3) is 3.42. The summed E-state index contributed by atoms with van der Waals surface area (Å²) in [4.78, 5) is 0.